The maximum atomic E-state index is 12.7. The van der Waals surface area contributed by atoms with Crippen molar-refractivity contribution in [1.82, 2.24) is 14.9 Å². The van der Waals surface area contributed by atoms with Gasteiger partial charge in [0.25, 0.3) is 12.3 Å². The van der Waals surface area contributed by atoms with Crippen LogP contribution in [0.1, 0.15) is 28.8 Å². The fourth-order valence-electron chi connectivity index (χ4n) is 3.43. The van der Waals surface area contributed by atoms with Crippen LogP contribution in [0.2, 0.25) is 5.02 Å². The van der Waals surface area contributed by atoms with Crippen LogP contribution in [0.25, 0.3) is 0 Å². The number of rotatable bonds is 8. The number of likely N-dealkylation sites (tertiary alicyclic amines) is 1. The summed E-state index contributed by atoms with van der Waals surface area (Å²) >= 11 is 6.10. The lowest BCUT2D eigenvalue weighted by Gasteiger charge is -2.32. The van der Waals surface area contributed by atoms with Crippen LogP contribution in [-0.2, 0) is 16.6 Å². The van der Waals surface area contributed by atoms with E-state index in [2.05, 4.69) is 10.0 Å². The van der Waals surface area contributed by atoms with E-state index in [1.54, 1.807) is 29.2 Å². The van der Waals surface area contributed by atoms with Crippen molar-refractivity contribution >= 4 is 27.5 Å². The van der Waals surface area contributed by atoms with Gasteiger partial charge in [0.1, 0.15) is 4.90 Å². The van der Waals surface area contributed by atoms with Crippen molar-refractivity contribution in [3.8, 4) is 0 Å². The third-order valence-corrected chi connectivity index (χ3v) is 6.99. The molecule has 0 atom stereocenters. The Balaban J connectivity index is 1.64. The molecule has 2 aromatic rings. The second-order valence-corrected chi connectivity index (χ2v) is 9.54. The van der Waals surface area contributed by atoms with Crippen LogP contribution in [0, 0.1) is 0 Å². The standard InChI is InChI=1S/C21H24ClF2N3O3S/c22-18-7-6-16(21(28)26-17-8-10-27(11-9-17)14-20(23)24)12-19(18)31(29,30)25-13-15-4-2-1-3-5-15/h1-7,12,17,20,25H,8-11,13-14H2,(H,26,28). The minimum Gasteiger partial charge on any atom is -0.349 e. The van der Waals surface area contributed by atoms with E-state index in [0.717, 1.165) is 5.56 Å². The Labute approximate surface area is 185 Å². The van der Waals surface area contributed by atoms with Crippen LogP contribution < -0.4 is 10.0 Å². The lowest BCUT2D eigenvalue weighted by atomic mass is 10.0. The van der Waals surface area contributed by atoms with E-state index in [4.69, 9.17) is 11.6 Å². The molecule has 31 heavy (non-hydrogen) atoms. The molecule has 2 N–H and O–H groups in total. The smallest absolute Gasteiger partial charge is 0.251 e. The fraction of sp³-hybridized carbons (Fsp3) is 0.381. The van der Waals surface area contributed by atoms with Gasteiger partial charge in [-0.05, 0) is 36.6 Å². The van der Waals surface area contributed by atoms with Crippen LogP contribution in [0.5, 0.6) is 0 Å². The van der Waals surface area contributed by atoms with Crippen molar-refractivity contribution in [2.24, 2.45) is 0 Å². The summed E-state index contributed by atoms with van der Waals surface area (Å²) in [7, 11) is -3.94. The van der Waals surface area contributed by atoms with Gasteiger partial charge in [-0.15, -0.1) is 0 Å². The summed E-state index contributed by atoms with van der Waals surface area (Å²) in [4.78, 5) is 14.1. The van der Waals surface area contributed by atoms with Gasteiger partial charge in [-0.25, -0.2) is 21.9 Å². The molecule has 1 heterocycles. The van der Waals surface area contributed by atoms with Gasteiger partial charge in [-0.1, -0.05) is 41.9 Å². The highest BCUT2D eigenvalue weighted by atomic mass is 35.5. The maximum Gasteiger partial charge on any atom is 0.251 e. The average Bonchev–Trinajstić information content (AvgIpc) is 2.74. The highest BCUT2D eigenvalue weighted by Crippen LogP contribution is 2.23. The Hall–Kier alpha value is -2.07. The largest absolute Gasteiger partial charge is 0.349 e. The number of benzene rings is 2. The monoisotopic (exact) mass is 471 g/mol. The summed E-state index contributed by atoms with van der Waals surface area (Å²) in [6.45, 7) is 0.764. The topological polar surface area (TPSA) is 78.5 Å². The zero-order valence-corrected chi connectivity index (χ0v) is 18.3. The van der Waals surface area contributed by atoms with Crippen LogP contribution in [-0.4, -0.2) is 51.3 Å². The summed E-state index contributed by atoms with van der Waals surface area (Å²) in [5.74, 6) is -0.427. The number of hydrogen-bond acceptors (Lipinski definition) is 4. The number of nitrogens with one attached hydrogen (secondary N) is 2. The Bertz CT molecular complexity index is 998. The molecule has 3 rings (SSSR count). The number of amides is 1. The quantitative estimate of drug-likeness (QED) is 0.619. The fourth-order valence-corrected chi connectivity index (χ4v) is 4.97. The molecule has 0 bridgehead atoms. The molecule has 1 aliphatic rings. The molecule has 6 nitrogen and oxygen atoms in total. The van der Waals surface area contributed by atoms with Crippen molar-refractivity contribution in [2.75, 3.05) is 19.6 Å². The summed E-state index contributed by atoms with van der Waals surface area (Å²) in [5.41, 5.74) is 0.953. The molecule has 0 aliphatic carbocycles. The van der Waals surface area contributed by atoms with E-state index < -0.39 is 22.4 Å². The number of nitrogens with zero attached hydrogens (tertiary/aromatic N) is 1. The lowest BCUT2D eigenvalue weighted by molar-refractivity contribution is 0.0696. The van der Waals surface area contributed by atoms with Crippen molar-refractivity contribution in [3.63, 3.8) is 0 Å². The van der Waals surface area contributed by atoms with Gasteiger partial charge in [0.2, 0.25) is 10.0 Å². The molecule has 1 amide bonds. The number of alkyl halides is 2. The van der Waals surface area contributed by atoms with E-state index in [0.29, 0.717) is 25.9 Å². The predicted octanol–water partition coefficient (Wildman–Crippen LogP) is 3.28. The molecule has 0 spiro atoms. The minimum atomic E-state index is -3.94. The number of hydrogen-bond donors (Lipinski definition) is 2. The molecular weight excluding hydrogens is 448 g/mol. The third kappa shape index (κ3) is 6.70. The van der Waals surface area contributed by atoms with Gasteiger partial charge < -0.3 is 5.32 Å². The van der Waals surface area contributed by atoms with Crippen LogP contribution in [0.3, 0.4) is 0 Å². The molecule has 2 aromatic carbocycles. The first-order chi connectivity index (χ1) is 14.7. The van der Waals surface area contributed by atoms with Gasteiger partial charge in [0, 0.05) is 31.2 Å². The van der Waals surface area contributed by atoms with E-state index in [1.807, 2.05) is 6.07 Å². The van der Waals surface area contributed by atoms with Gasteiger partial charge in [-0.2, -0.15) is 0 Å². The first kappa shape index (κ1) is 23.6. The number of piperidine rings is 1. The molecule has 0 aromatic heterocycles. The molecule has 0 unspecified atom stereocenters. The SMILES string of the molecule is O=C(NC1CCN(CC(F)F)CC1)c1ccc(Cl)c(S(=O)(=O)NCc2ccccc2)c1. The summed E-state index contributed by atoms with van der Waals surface area (Å²) in [5, 5.41) is 2.87. The number of halogens is 3. The summed E-state index contributed by atoms with van der Waals surface area (Å²) < 4.78 is 52.9. The summed E-state index contributed by atoms with van der Waals surface area (Å²) in [6.07, 6.45) is -1.28. The number of carbonyl (C=O) groups excluding carboxylic acids is 1. The molecule has 1 saturated heterocycles. The highest BCUT2D eigenvalue weighted by Gasteiger charge is 2.24. The molecular formula is C21H24ClF2N3O3S. The van der Waals surface area contributed by atoms with Crippen LogP contribution in [0.15, 0.2) is 53.4 Å². The Kier molecular flexibility index (Phi) is 7.99. The second-order valence-electron chi connectivity index (χ2n) is 7.39. The Morgan fingerprint density at radius 3 is 2.45 bits per heavy atom. The number of carbonyl (C=O) groups is 1. The normalized spacial score (nSPS) is 15.9. The first-order valence-electron chi connectivity index (χ1n) is 9.89. The Morgan fingerprint density at radius 1 is 1.13 bits per heavy atom. The number of sulfonamides is 1. The van der Waals surface area contributed by atoms with Gasteiger partial charge >= 0.3 is 0 Å². The lowest BCUT2D eigenvalue weighted by Crippen LogP contribution is -2.45. The molecule has 168 valence electrons. The van der Waals surface area contributed by atoms with Gasteiger partial charge in [0.15, 0.2) is 0 Å². The zero-order chi connectivity index (χ0) is 22.4. The van der Waals surface area contributed by atoms with Crippen molar-refractivity contribution < 1.29 is 22.0 Å². The molecule has 1 fully saturated rings. The zero-order valence-electron chi connectivity index (χ0n) is 16.7. The van der Waals surface area contributed by atoms with E-state index >= 15 is 0 Å². The van der Waals surface area contributed by atoms with Crippen molar-refractivity contribution in [1.29, 1.82) is 0 Å². The second kappa shape index (κ2) is 10.5. The van der Waals surface area contributed by atoms with E-state index in [9.17, 15) is 22.0 Å². The molecule has 1 aliphatic heterocycles. The maximum absolute atomic E-state index is 12.7. The van der Waals surface area contributed by atoms with E-state index in [1.165, 1.54) is 18.2 Å². The van der Waals surface area contributed by atoms with Gasteiger partial charge in [0.05, 0.1) is 11.6 Å². The molecule has 0 saturated carbocycles. The van der Waals surface area contributed by atoms with E-state index in [-0.39, 0.29) is 34.6 Å². The van der Waals surface area contributed by atoms with Crippen molar-refractivity contribution in [3.05, 3.63) is 64.7 Å². The third-order valence-electron chi connectivity index (χ3n) is 5.11. The Morgan fingerprint density at radius 2 is 1.81 bits per heavy atom. The van der Waals surface area contributed by atoms with Crippen LogP contribution >= 0.6 is 11.6 Å². The van der Waals surface area contributed by atoms with Gasteiger partial charge in [-0.3, -0.25) is 9.69 Å². The molecule has 10 heteroatoms. The first-order valence-corrected chi connectivity index (χ1v) is 11.8. The average molecular weight is 472 g/mol. The predicted molar refractivity (Wildman–Crippen MR) is 115 cm³/mol. The summed E-state index contributed by atoms with van der Waals surface area (Å²) in [6, 6.07) is 12.9. The minimum absolute atomic E-state index is 0.0115. The highest BCUT2D eigenvalue weighted by molar-refractivity contribution is 7.89. The van der Waals surface area contributed by atoms with Crippen molar-refractivity contribution in [2.45, 2.75) is 36.7 Å². The molecule has 0 radical (unpaired) electrons. The van der Waals surface area contributed by atoms with Crippen LogP contribution in [0.4, 0.5) is 8.78 Å².